The minimum atomic E-state index is -0.149. The van der Waals surface area contributed by atoms with Crippen molar-refractivity contribution >= 4 is 5.91 Å². The summed E-state index contributed by atoms with van der Waals surface area (Å²) in [6.07, 6.45) is 1.12. The Bertz CT molecular complexity index is 282. The lowest BCUT2D eigenvalue weighted by atomic mass is 10.2. The van der Waals surface area contributed by atoms with Gasteiger partial charge in [-0.15, -0.1) is 0 Å². The number of carbonyl (C=O) groups excluding carboxylic acids is 1. The molecule has 1 amide bonds. The molecule has 0 radical (unpaired) electrons. The van der Waals surface area contributed by atoms with Gasteiger partial charge in [0.1, 0.15) is 6.04 Å². The third-order valence-corrected chi connectivity index (χ3v) is 3.05. The molecule has 1 atom stereocenters. The molecule has 5 heteroatoms. The van der Waals surface area contributed by atoms with Crippen molar-refractivity contribution in [1.82, 2.24) is 15.1 Å². The Morgan fingerprint density at radius 3 is 2.87 bits per heavy atom. The fourth-order valence-electron chi connectivity index (χ4n) is 1.90. The largest absolute Gasteiger partial charge is 0.341 e. The van der Waals surface area contributed by atoms with Gasteiger partial charge >= 0.3 is 0 Å². The first kappa shape index (κ1) is 10.4. The zero-order chi connectivity index (χ0) is 10.7. The highest BCUT2D eigenvalue weighted by atomic mass is 16.2. The Morgan fingerprint density at radius 1 is 1.47 bits per heavy atom. The summed E-state index contributed by atoms with van der Waals surface area (Å²) in [6, 6.07) is 2.08. The van der Waals surface area contributed by atoms with Crippen LogP contribution in [0, 0.1) is 11.3 Å². The molecule has 2 fully saturated rings. The summed E-state index contributed by atoms with van der Waals surface area (Å²) in [5.74, 6) is 0.170. The van der Waals surface area contributed by atoms with E-state index in [9.17, 15) is 4.79 Å². The molecule has 2 aliphatic rings. The van der Waals surface area contributed by atoms with E-state index < -0.39 is 0 Å². The Labute approximate surface area is 89.6 Å². The summed E-state index contributed by atoms with van der Waals surface area (Å²) >= 11 is 0. The number of hydrogen-bond acceptors (Lipinski definition) is 4. The molecule has 5 nitrogen and oxygen atoms in total. The average molecular weight is 208 g/mol. The molecule has 0 saturated carbocycles. The summed E-state index contributed by atoms with van der Waals surface area (Å²) in [6.45, 7) is 4.51. The van der Waals surface area contributed by atoms with Crippen LogP contribution in [0.5, 0.6) is 0 Å². The van der Waals surface area contributed by atoms with Gasteiger partial charge in [-0.3, -0.25) is 9.69 Å². The lowest BCUT2D eigenvalue weighted by Gasteiger charge is -2.36. The molecule has 0 aromatic rings. The van der Waals surface area contributed by atoms with E-state index in [0.717, 1.165) is 32.6 Å². The first-order chi connectivity index (χ1) is 7.31. The van der Waals surface area contributed by atoms with E-state index in [4.69, 9.17) is 5.26 Å². The Hall–Kier alpha value is -1.12. The van der Waals surface area contributed by atoms with Crippen LogP contribution in [0.3, 0.4) is 0 Å². The highest BCUT2D eigenvalue weighted by Crippen LogP contribution is 2.08. The zero-order valence-corrected chi connectivity index (χ0v) is 8.78. The SMILES string of the molecule is N#CC1CNCCN1CC(=O)N1CCC1. The second-order valence-electron chi connectivity index (χ2n) is 4.05. The van der Waals surface area contributed by atoms with Gasteiger partial charge in [-0.25, -0.2) is 0 Å². The number of nitrogens with one attached hydrogen (secondary N) is 1. The van der Waals surface area contributed by atoms with Gasteiger partial charge < -0.3 is 10.2 Å². The molecule has 1 unspecified atom stereocenters. The number of carbonyl (C=O) groups is 1. The van der Waals surface area contributed by atoms with E-state index in [1.807, 2.05) is 9.80 Å². The minimum Gasteiger partial charge on any atom is -0.341 e. The molecule has 15 heavy (non-hydrogen) atoms. The van der Waals surface area contributed by atoms with Crippen molar-refractivity contribution in [2.75, 3.05) is 39.3 Å². The Morgan fingerprint density at radius 2 is 2.27 bits per heavy atom. The van der Waals surface area contributed by atoms with Crippen LogP contribution >= 0.6 is 0 Å². The van der Waals surface area contributed by atoms with E-state index in [2.05, 4.69) is 11.4 Å². The number of nitriles is 1. The first-order valence-corrected chi connectivity index (χ1v) is 5.43. The fraction of sp³-hybridized carbons (Fsp3) is 0.800. The van der Waals surface area contributed by atoms with Crippen molar-refractivity contribution in [2.24, 2.45) is 0 Å². The predicted molar refractivity (Wildman–Crippen MR) is 55.0 cm³/mol. The van der Waals surface area contributed by atoms with Crippen molar-refractivity contribution in [2.45, 2.75) is 12.5 Å². The smallest absolute Gasteiger partial charge is 0.236 e. The van der Waals surface area contributed by atoms with Crippen molar-refractivity contribution in [3.63, 3.8) is 0 Å². The first-order valence-electron chi connectivity index (χ1n) is 5.43. The highest BCUT2D eigenvalue weighted by Gasteiger charge is 2.27. The van der Waals surface area contributed by atoms with Gasteiger partial charge in [-0.1, -0.05) is 0 Å². The van der Waals surface area contributed by atoms with Crippen LogP contribution in [0.1, 0.15) is 6.42 Å². The highest BCUT2D eigenvalue weighted by molar-refractivity contribution is 5.79. The number of rotatable bonds is 2. The van der Waals surface area contributed by atoms with Crippen LogP contribution in [-0.4, -0.2) is 61.0 Å². The molecule has 82 valence electrons. The number of amides is 1. The number of piperazine rings is 1. The summed E-state index contributed by atoms with van der Waals surface area (Å²) < 4.78 is 0. The lowest BCUT2D eigenvalue weighted by molar-refractivity contribution is -0.136. The molecular formula is C10H16N4O. The number of nitrogens with zero attached hydrogens (tertiary/aromatic N) is 3. The number of likely N-dealkylation sites (tertiary alicyclic amines) is 1. The molecule has 0 aromatic carbocycles. The van der Waals surface area contributed by atoms with E-state index in [0.29, 0.717) is 13.1 Å². The van der Waals surface area contributed by atoms with Crippen LogP contribution in [0.4, 0.5) is 0 Å². The van der Waals surface area contributed by atoms with Crippen LogP contribution < -0.4 is 5.32 Å². The topological polar surface area (TPSA) is 59.4 Å². The van der Waals surface area contributed by atoms with Crippen molar-refractivity contribution in [1.29, 1.82) is 5.26 Å². The Kier molecular flexibility index (Phi) is 3.19. The van der Waals surface area contributed by atoms with Gasteiger partial charge in [0.05, 0.1) is 12.6 Å². The maximum atomic E-state index is 11.7. The molecule has 0 bridgehead atoms. The minimum absolute atomic E-state index is 0.149. The molecular weight excluding hydrogens is 192 g/mol. The van der Waals surface area contributed by atoms with E-state index in [-0.39, 0.29) is 11.9 Å². The molecule has 2 rings (SSSR count). The fourth-order valence-corrected chi connectivity index (χ4v) is 1.90. The summed E-state index contributed by atoms with van der Waals surface area (Å²) in [5.41, 5.74) is 0. The average Bonchev–Trinajstić information content (AvgIpc) is 2.15. The van der Waals surface area contributed by atoms with Gasteiger partial charge in [0.2, 0.25) is 5.91 Å². The molecule has 0 aromatic heterocycles. The maximum absolute atomic E-state index is 11.7. The van der Waals surface area contributed by atoms with Gasteiger partial charge in [0.15, 0.2) is 0 Å². The third-order valence-electron chi connectivity index (χ3n) is 3.05. The van der Waals surface area contributed by atoms with Crippen LogP contribution in [0.2, 0.25) is 0 Å². The Balaban J connectivity index is 1.86. The lowest BCUT2D eigenvalue weighted by Crippen LogP contribution is -2.55. The van der Waals surface area contributed by atoms with Crippen LogP contribution in [0.15, 0.2) is 0 Å². The molecule has 2 heterocycles. The predicted octanol–water partition coefficient (Wildman–Crippen LogP) is -0.984. The monoisotopic (exact) mass is 208 g/mol. The summed E-state index contributed by atoms with van der Waals surface area (Å²) in [7, 11) is 0. The van der Waals surface area contributed by atoms with E-state index in [1.54, 1.807) is 0 Å². The van der Waals surface area contributed by atoms with Crippen molar-refractivity contribution in [3.8, 4) is 6.07 Å². The molecule has 1 N–H and O–H groups in total. The van der Waals surface area contributed by atoms with Crippen molar-refractivity contribution < 1.29 is 4.79 Å². The molecule has 0 aliphatic carbocycles. The van der Waals surface area contributed by atoms with E-state index >= 15 is 0 Å². The second kappa shape index (κ2) is 4.60. The maximum Gasteiger partial charge on any atom is 0.236 e. The molecule has 2 aliphatic heterocycles. The van der Waals surface area contributed by atoms with Gasteiger partial charge in [-0.05, 0) is 6.42 Å². The van der Waals surface area contributed by atoms with Crippen LogP contribution in [-0.2, 0) is 4.79 Å². The second-order valence-corrected chi connectivity index (χ2v) is 4.05. The van der Waals surface area contributed by atoms with Gasteiger partial charge in [0, 0.05) is 32.7 Å². The van der Waals surface area contributed by atoms with Gasteiger partial charge in [-0.2, -0.15) is 5.26 Å². The van der Waals surface area contributed by atoms with E-state index in [1.165, 1.54) is 0 Å². The molecule has 0 spiro atoms. The quantitative estimate of drug-likeness (QED) is 0.633. The van der Waals surface area contributed by atoms with Crippen molar-refractivity contribution in [3.05, 3.63) is 0 Å². The zero-order valence-electron chi connectivity index (χ0n) is 8.78. The number of hydrogen-bond donors (Lipinski definition) is 1. The standard InChI is InChI=1S/C10H16N4O/c11-6-9-7-12-2-5-14(9)8-10(15)13-3-1-4-13/h9,12H,1-5,7-8H2. The van der Waals surface area contributed by atoms with Gasteiger partial charge in [0.25, 0.3) is 0 Å². The summed E-state index contributed by atoms with van der Waals surface area (Å²) in [5, 5.41) is 12.1. The summed E-state index contributed by atoms with van der Waals surface area (Å²) in [4.78, 5) is 15.5. The normalized spacial score (nSPS) is 26.9. The molecule has 2 saturated heterocycles. The van der Waals surface area contributed by atoms with Crippen LogP contribution in [0.25, 0.3) is 0 Å². The third kappa shape index (κ3) is 2.28.